The predicted octanol–water partition coefficient (Wildman–Crippen LogP) is 5.50. The lowest BCUT2D eigenvalue weighted by Crippen LogP contribution is -2.27. The summed E-state index contributed by atoms with van der Waals surface area (Å²) in [5.74, 6) is 1.86. The van der Waals surface area contributed by atoms with Gasteiger partial charge in [-0.3, -0.25) is 4.79 Å². The fourth-order valence-electron chi connectivity index (χ4n) is 2.54. The SMILES string of the molecule is Cc1ccc(C=C2C=C(C(C)(C)C)C(=O)C(C(C)(C)C)=C2)o1. The van der Waals surface area contributed by atoms with Crippen molar-refractivity contribution in [3.63, 3.8) is 0 Å². The summed E-state index contributed by atoms with van der Waals surface area (Å²) >= 11 is 0. The number of ketones is 1. The molecule has 0 aromatic carbocycles. The van der Waals surface area contributed by atoms with Crippen LogP contribution in [0.1, 0.15) is 53.1 Å². The lowest BCUT2D eigenvalue weighted by Gasteiger charge is -2.31. The van der Waals surface area contributed by atoms with E-state index in [4.69, 9.17) is 4.42 Å². The van der Waals surface area contributed by atoms with Gasteiger partial charge in [-0.05, 0) is 53.7 Å². The van der Waals surface area contributed by atoms with Gasteiger partial charge in [0, 0.05) is 11.1 Å². The largest absolute Gasteiger partial charge is 0.462 e. The molecule has 22 heavy (non-hydrogen) atoms. The van der Waals surface area contributed by atoms with Gasteiger partial charge in [-0.2, -0.15) is 0 Å². The highest BCUT2D eigenvalue weighted by atomic mass is 16.3. The molecule has 0 saturated heterocycles. The quantitative estimate of drug-likeness (QED) is 0.685. The summed E-state index contributed by atoms with van der Waals surface area (Å²) in [4.78, 5) is 12.8. The standard InChI is InChI=1S/C20H26O2/c1-13-8-9-15(22-13)10-14-11-16(19(2,3)4)18(21)17(12-14)20(5,6)7/h8-12H,1-7H3. The van der Waals surface area contributed by atoms with E-state index in [1.807, 2.05) is 37.3 Å². The third-order valence-corrected chi connectivity index (χ3v) is 3.80. The van der Waals surface area contributed by atoms with Gasteiger partial charge in [0.2, 0.25) is 0 Å². The number of allylic oxidation sites excluding steroid dienone is 5. The number of aryl methyl sites for hydroxylation is 1. The van der Waals surface area contributed by atoms with E-state index in [0.717, 1.165) is 28.2 Å². The van der Waals surface area contributed by atoms with Crippen LogP contribution in [0.15, 0.2) is 45.4 Å². The zero-order valence-corrected chi connectivity index (χ0v) is 14.7. The van der Waals surface area contributed by atoms with Crippen molar-refractivity contribution < 1.29 is 9.21 Å². The van der Waals surface area contributed by atoms with Crippen molar-refractivity contribution in [2.24, 2.45) is 10.8 Å². The van der Waals surface area contributed by atoms with Gasteiger partial charge in [0.1, 0.15) is 11.5 Å². The minimum Gasteiger partial charge on any atom is -0.462 e. The number of rotatable bonds is 1. The Balaban J connectivity index is 2.56. The maximum Gasteiger partial charge on any atom is 0.186 e. The summed E-state index contributed by atoms with van der Waals surface area (Å²) in [6.45, 7) is 14.4. The van der Waals surface area contributed by atoms with Crippen LogP contribution in [0.4, 0.5) is 0 Å². The van der Waals surface area contributed by atoms with E-state index >= 15 is 0 Å². The molecule has 2 nitrogen and oxygen atoms in total. The molecule has 0 N–H and O–H groups in total. The molecule has 0 radical (unpaired) electrons. The zero-order chi connectivity index (χ0) is 16.7. The van der Waals surface area contributed by atoms with Crippen LogP contribution in [-0.4, -0.2) is 5.78 Å². The molecule has 1 aromatic heterocycles. The molecule has 0 spiro atoms. The minimum absolute atomic E-state index is 0.160. The number of carbonyl (C=O) groups is 1. The average Bonchev–Trinajstić information content (AvgIpc) is 2.74. The van der Waals surface area contributed by atoms with Crippen molar-refractivity contribution in [2.45, 2.75) is 48.5 Å². The molecule has 2 rings (SSSR count). The number of hydrogen-bond acceptors (Lipinski definition) is 2. The van der Waals surface area contributed by atoms with Gasteiger partial charge in [-0.25, -0.2) is 0 Å². The molecular weight excluding hydrogens is 272 g/mol. The third kappa shape index (κ3) is 3.49. The molecule has 0 saturated carbocycles. The predicted molar refractivity (Wildman–Crippen MR) is 91.5 cm³/mol. The summed E-state index contributed by atoms with van der Waals surface area (Å²) in [5.41, 5.74) is 2.37. The lowest BCUT2D eigenvalue weighted by atomic mass is 9.72. The molecular formula is C20H26O2. The monoisotopic (exact) mass is 298 g/mol. The minimum atomic E-state index is -0.181. The van der Waals surface area contributed by atoms with Crippen LogP contribution < -0.4 is 0 Å². The third-order valence-electron chi connectivity index (χ3n) is 3.80. The van der Waals surface area contributed by atoms with Crippen LogP contribution >= 0.6 is 0 Å². The first-order valence-corrected chi connectivity index (χ1v) is 7.76. The molecule has 1 aliphatic rings. The number of furan rings is 1. The van der Waals surface area contributed by atoms with Crippen LogP contribution in [-0.2, 0) is 4.79 Å². The molecule has 0 atom stereocenters. The van der Waals surface area contributed by atoms with E-state index in [2.05, 4.69) is 41.5 Å². The Kier molecular flexibility index (Phi) is 4.08. The highest BCUT2D eigenvalue weighted by molar-refractivity contribution is 6.12. The molecule has 0 bridgehead atoms. The second-order valence-electron chi connectivity index (χ2n) is 8.04. The van der Waals surface area contributed by atoms with Crippen LogP contribution in [0.5, 0.6) is 0 Å². The van der Waals surface area contributed by atoms with Crippen LogP contribution in [0.3, 0.4) is 0 Å². The Hall–Kier alpha value is -1.83. The molecule has 1 heterocycles. The summed E-state index contributed by atoms with van der Waals surface area (Å²) in [6.07, 6.45) is 5.99. The van der Waals surface area contributed by atoms with Crippen molar-refractivity contribution >= 4 is 11.9 Å². The zero-order valence-electron chi connectivity index (χ0n) is 14.7. The van der Waals surface area contributed by atoms with Gasteiger partial charge < -0.3 is 4.42 Å². The van der Waals surface area contributed by atoms with E-state index in [1.165, 1.54) is 0 Å². The average molecular weight is 298 g/mol. The molecule has 2 heteroatoms. The normalized spacial score (nSPS) is 16.5. The molecule has 0 fully saturated rings. The second-order valence-corrected chi connectivity index (χ2v) is 8.04. The first-order chi connectivity index (χ1) is 9.98. The molecule has 0 unspecified atom stereocenters. The van der Waals surface area contributed by atoms with Gasteiger partial charge in [0.05, 0.1) is 0 Å². The maximum absolute atomic E-state index is 12.8. The van der Waals surface area contributed by atoms with Crippen LogP contribution in [0.25, 0.3) is 6.08 Å². The highest BCUT2D eigenvalue weighted by Gasteiger charge is 2.33. The Labute approximate surface area is 133 Å². The van der Waals surface area contributed by atoms with Crippen molar-refractivity contribution in [3.05, 3.63) is 52.5 Å². The second kappa shape index (κ2) is 5.42. The van der Waals surface area contributed by atoms with Crippen LogP contribution in [0.2, 0.25) is 0 Å². The number of hydrogen-bond donors (Lipinski definition) is 0. The van der Waals surface area contributed by atoms with E-state index in [-0.39, 0.29) is 16.6 Å². The summed E-state index contributed by atoms with van der Waals surface area (Å²) in [6, 6.07) is 3.90. The van der Waals surface area contributed by atoms with Gasteiger partial charge in [0.25, 0.3) is 0 Å². The van der Waals surface area contributed by atoms with Gasteiger partial charge in [0.15, 0.2) is 5.78 Å². The van der Waals surface area contributed by atoms with Gasteiger partial charge >= 0.3 is 0 Å². The van der Waals surface area contributed by atoms with Crippen molar-refractivity contribution in [1.29, 1.82) is 0 Å². The lowest BCUT2D eigenvalue weighted by molar-refractivity contribution is -0.114. The van der Waals surface area contributed by atoms with E-state index in [0.29, 0.717) is 0 Å². The Morgan fingerprint density at radius 1 is 0.909 bits per heavy atom. The summed E-state index contributed by atoms with van der Waals surface area (Å²) in [5, 5.41) is 0. The van der Waals surface area contributed by atoms with Gasteiger partial charge in [-0.15, -0.1) is 0 Å². The fourth-order valence-corrected chi connectivity index (χ4v) is 2.54. The van der Waals surface area contributed by atoms with E-state index in [1.54, 1.807) is 0 Å². The molecule has 1 aliphatic carbocycles. The fraction of sp³-hybridized carbons (Fsp3) is 0.450. The molecule has 1 aromatic rings. The summed E-state index contributed by atoms with van der Waals surface area (Å²) < 4.78 is 5.63. The molecule has 0 amide bonds. The summed E-state index contributed by atoms with van der Waals surface area (Å²) in [7, 11) is 0. The molecule has 118 valence electrons. The first-order valence-electron chi connectivity index (χ1n) is 7.76. The smallest absolute Gasteiger partial charge is 0.186 e. The van der Waals surface area contributed by atoms with Gasteiger partial charge in [-0.1, -0.05) is 41.5 Å². The highest BCUT2D eigenvalue weighted by Crippen LogP contribution is 2.39. The van der Waals surface area contributed by atoms with Crippen molar-refractivity contribution in [2.75, 3.05) is 0 Å². The number of carbonyl (C=O) groups excluding carboxylic acids is 1. The van der Waals surface area contributed by atoms with E-state index in [9.17, 15) is 4.79 Å². The Morgan fingerprint density at radius 2 is 1.41 bits per heavy atom. The van der Waals surface area contributed by atoms with Crippen LogP contribution in [0, 0.1) is 17.8 Å². The van der Waals surface area contributed by atoms with E-state index < -0.39 is 0 Å². The van der Waals surface area contributed by atoms with Crippen molar-refractivity contribution in [3.8, 4) is 0 Å². The topological polar surface area (TPSA) is 30.2 Å². The van der Waals surface area contributed by atoms with Crippen molar-refractivity contribution in [1.82, 2.24) is 0 Å². The Morgan fingerprint density at radius 3 is 1.77 bits per heavy atom. The Bertz CT molecular complexity index is 644. The molecule has 0 aliphatic heterocycles. The maximum atomic E-state index is 12.8. The first kappa shape index (κ1) is 16.5. The number of Topliss-reactive ketones (excluding diaryl/α,β-unsaturated/α-hetero) is 1.